The van der Waals surface area contributed by atoms with E-state index in [1.54, 1.807) is 12.1 Å². The van der Waals surface area contributed by atoms with Crippen molar-refractivity contribution in [2.45, 2.75) is 19.8 Å². The van der Waals surface area contributed by atoms with Gasteiger partial charge in [-0.15, -0.1) is 0 Å². The fourth-order valence-electron chi connectivity index (χ4n) is 2.82. The quantitative estimate of drug-likeness (QED) is 0.940. The Morgan fingerprint density at radius 3 is 2.77 bits per heavy atom. The number of amides is 1. The standard InChI is InChI=1S/C18H19FN2O/c1-13-4-7-16(8-5-13)20-18(22)12-21-10-2-3-14-11-15(19)6-9-17(14)21/h4-9,11H,2-3,10,12H2,1H3,(H,20,22). The Kier molecular flexibility index (Phi) is 4.09. The highest BCUT2D eigenvalue weighted by atomic mass is 19.1. The molecular formula is C18H19FN2O. The van der Waals surface area contributed by atoms with E-state index in [4.69, 9.17) is 0 Å². The smallest absolute Gasteiger partial charge is 0.243 e. The molecule has 1 amide bonds. The third-order valence-electron chi connectivity index (χ3n) is 3.93. The predicted molar refractivity (Wildman–Crippen MR) is 86.7 cm³/mol. The Labute approximate surface area is 129 Å². The van der Waals surface area contributed by atoms with E-state index in [2.05, 4.69) is 5.32 Å². The van der Waals surface area contributed by atoms with Crippen LogP contribution in [0.25, 0.3) is 0 Å². The van der Waals surface area contributed by atoms with Gasteiger partial charge in [0, 0.05) is 17.9 Å². The number of rotatable bonds is 3. The van der Waals surface area contributed by atoms with Gasteiger partial charge in [-0.05, 0) is 55.7 Å². The molecule has 22 heavy (non-hydrogen) atoms. The lowest BCUT2D eigenvalue weighted by atomic mass is 10.0. The van der Waals surface area contributed by atoms with Crippen LogP contribution in [0.5, 0.6) is 0 Å². The number of fused-ring (bicyclic) bond motifs is 1. The van der Waals surface area contributed by atoms with Crippen molar-refractivity contribution in [3.63, 3.8) is 0 Å². The maximum atomic E-state index is 13.3. The molecule has 0 fully saturated rings. The van der Waals surface area contributed by atoms with Gasteiger partial charge in [0.1, 0.15) is 5.82 Å². The Hall–Kier alpha value is -2.36. The first kappa shape index (κ1) is 14.6. The lowest BCUT2D eigenvalue weighted by molar-refractivity contribution is -0.115. The topological polar surface area (TPSA) is 32.3 Å². The van der Waals surface area contributed by atoms with Crippen LogP contribution in [0, 0.1) is 12.7 Å². The molecule has 0 bridgehead atoms. The van der Waals surface area contributed by atoms with Gasteiger partial charge in [0.15, 0.2) is 0 Å². The summed E-state index contributed by atoms with van der Waals surface area (Å²) in [5.74, 6) is -0.272. The van der Waals surface area contributed by atoms with Gasteiger partial charge in [0.25, 0.3) is 0 Å². The third-order valence-corrected chi connectivity index (χ3v) is 3.93. The van der Waals surface area contributed by atoms with Crippen molar-refractivity contribution >= 4 is 17.3 Å². The van der Waals surface area contributed by atoms with Crippen molar-refractivity contribution in [3.8, 4) is 0 Å². The van der Waals surface area contributed by atoms with Gasteiger partial charge < -0.3 is 10.2 Å². The van der Waals surface area contributed by atoms with Crippen molar-refractivity contribution in [3.05, 3.63) is 59.4 Å². The number of benzene rings is 2. The summed E-state index contributed by atoms with van der Waals surface area (Å²) in [6, 6.07) is 12.5. The number of anilines is 2. The maximum Gasteiger partial charge on any atom is 0.243 e. The minimum absolute atomic E-state index is 0.0546. The van der Waals surface area contributed by atoms with Crippen molar-refractivity contribution in [1.29, 1.82) is 0 Å². The summed E-state index contributed by atoms with van der Waals surface area (Å²) in [4.78, 5) is 14.2. The first-order valence-electron chi connectivity index (χ1n) is 7.52. The van der Waals surface area contributed by atoms with Crippen molar-refractivity contribution in [2.24, 2.45) is 0 Å². The molecule has 2 aromatic carbocycles. The molecule has 114 valence electrons. The third kappa shape index (κ3) is 3.27. The Bertz CT molecular complexity index is 682. The van der Waals surface area contributed by atoms with E-state index in [1.807, 2.05) is 36.1 Å². The molecular weight excluding hydrogens is 279 g/mol. The number of hydrogen-bond acceptors (Lipinski definition) is 2. The summed E-state index contributed by atoms with van der Waals surface area (Å²) in [7, 11) is 0. The molecule has 4 heteroatoms. The summed E-state index contributed by atoms with van der Waals surface area (Å²) in [6.07, 6.45) is 1.80. The van der Waals surface area contributed by atoms with E-state index in [0.29, 0.717) is 0 Å². The zero-order valence-corrected chi connectivity index (χ0v) is 12.6. The van der Waals surface area contributed by atoms with E-state index in [9.17, 15) is 9.18 Å². The van der Waals surface area contributed by atoms with Gasteiger partial charge in [-0.3, -0.25) is 4.79 Å². The molecule has 1 aliphatic heterocycles. The fourth-order valence-corrected chi connectivity index (χ4v) is 2.82. The summed E-state index contributed by atoms with van der Waals surface area (Å²) < 4.78 is 13.3. The zero-order valence-electron chi connectivity index (χ0n) is 12.6. The number of aryl methyl sites for hydroxylation is 2. The van der Waals surface area contributed by atoms with Crippen molar-refractivity contribution in [1.82, 2.24) is 0 Å². The Morgan fingerprint density at radius 1 is 1.23 bits per heavy atom. The van der Waals surface area contributed by atoms with Crippen LogP contribution in [-0.2, 0) is 11.2 Å². The van der Waals surface area contributed by atoms with Crippen LogP contribution >= 0.6 is 0 Å². The van der Waals surface area contributed by atoms with E-state index >= 15 is 0 Å². The molecule has 1 N–H and O–H groups in total. The Morgan fingerprint density at radius 2 is 2.00 bits per heavy atom. The van der Waals surface area contributed by atoms with E-state index in [-0.39, 0.29) is 18.3 Å². The molecule has 0 spiro atoms. The molecule has 0 atom stereocenters. The lowest BCUT2D eigenvalue weighted by Gasteiger charge is -2.30. The lowest BCUT2D eigenvalue weighted by Crippen LogP contribution is -2.36. The second-order valence-corrected chi connectivity index (χ2v) is 5.71. The number of carbonyl (C=O) groups excluding carboxylic acids is 1. The molecule has 3 nitrogen and oxygen atoms in total. The molecule has 3 rings (SSSR count). The van der Waals surface area contributed by atoms with Crippen LogP contribution in [0.1, 0.15) is 17.5 Å². The molecule has 1 aliphatic rings. The van der Waals surface area contributed by atoms with Crippen LogP contribution in [0.4, 0.5) is 15.8 Å². The summed E-state index contributed by atoms with van der Waals surface area (Å²) >= 11 is 0. The highest BCUT2D eigenvalue weighted by Gasteiger charge is 2.19. The second-order valence-electron chi connectivity index (χ2n) is 5.71. The first-order valence-corrected chi connectivity index (χ1v) is 7.52. The fraction of sp³-hybridized carbons (Fsp3) is 0.278. The van der Waals surface area contributed by atoms with Crippen LogP contribution in [-0.4, -0.2) is 19.0 Å². The molecule has 0 aromatic heterocycles. The summed E-state index contributed by atoms with van der Waals surface area (Å²) in [5, 5.41) is 2.90. The maximum absolute atomic E-state index is 13.3. The predicted octanol–water partition coefficient (Wildman–Crippen LogP) is 3.53. The number of hydrogen-bond donors (Lipinski definition) is 1. The van der Waals surface area contributed by atoms with Crippen LogP contribution in [0.3, 0.4) is 0 Å². The number of nitrogens with one attached hydrogen (secondary N) is 1. The van der Waals surface area contributed by atoms with Crippen LogP contribution in [0.2, 0.25) is 0 Å². The monoisotopic (exact) mass is 298 g/mol. The normalized spacial score (nSPS) is 13.6. The summed E-state index contributed by atoms with van der Waals surface area (Å²) in [5.41, 5.74) is 3.90. The minimum Gasteiger partial charge on any atom is -0.362 e. The summed E-state index contributed by atoms with van der Waals surface area (Å²) in [6.45, 7) is 3.11. The molecule has 2 aromatic rings. The molecule has 0 saturated heterocycles. The highest BCUT2D eigenvalue weighted by Crippen LogP contribution is 2.27. The average molecular weight is 298 g/mol. The van der Waals surface area contributed by atoms with Crippen LogP contribution < -0.4 is 10.2 Å². The molecule has 0 aliphatic carbocycles. The largest absolute Gasteiger partial charge is 0.362 e. The van der Waals surface area contributed by atoms with Crippen molar-refractivity contribution in [2.75, 3.05) is 23.3 Å². The van der Waals surface area contributed by atoms with Gasteiger partial charge in [-0.25, -0.2) is 4.39 Å². The molecule has 0 radical (unpaired) electrons. The minimum atomic E-state index is -0.218. The van der Waals surface area contributed by atoms with E-state index in [1.165, 1.54) is 6.07 Å². The highest BCUT2D eigenvalue weighted by molar-refractivity contribution is 5.94. The van der Waals surface area contributed by atoms with Crippen LogP contribution in [0.15, 0.2) is 42.5 Å². The molecule has 0 saturated carbocycles. The van der Waals surface area contributed by atoms with Gasteiger partial charge in [-0.2, -0.15) is 0 Å². The van der Waals surface area contributed by atoms with Gasteiger partial charge in [0.05, 0.1) is 6.54 Å². The zero-order chi connectivity index (χ0) is 15.5. The Balaban J connectivity index is 1.69. The molecule has 1 heterocycles. The second kappa shape index (κ2) is 6.18. The van der Waals surface area contributed by atoms with E-state index < -0.39 is 0 Å². The first-order chi connectivity index (χ1) is 10.6. The van der Waals surface area contributed by atoms with Crippen molar-refractivity contribution < 1.29 is 9.18 Å². The number of halogens is 1. The molecule has 0 unspecified atom stereocenters. The number of carbonyl (C=O) groups is 1. The number of nitrogens with zero attached hydrogens (tertiary/aromatic N) is 1. The van der Waals surface area contributed by atoms with Gasteiger partial charge in [-0.1, -0.05) is 17.7 Å². The average Bonchev–Trinajstić information content (AvgIpc) is 2.49. The SMILES string of the molecule is Cc1ccc(NC(=O)CN2CCCc3cc(F)ccc32)cc1. The van der Waals surface area contributed by atoms with Gasteiger partial charge >= 0.3 is 0 Å². The van der Waals surface area contributed by atoms with E-state index in [0.717, 1.165) is 41.9 Å². The van der Waals surface area contributed by atoms with Gasteiger partial charge in [0.2, 0.25) is 5.91 Å².